The summed E-state index contributed by atoms with van der Waals surface area (Å²) in [6.07, 6.45) is 6.27. The number of hydrogen-bond acceptors (Lipinski definition) is 5. The highest BCUT2D eigenvalue weighted by molar-refractivity contribution is 5.89. The van der Waals surface area contributed by atoms with Gasteiger partial charge >= 0.3 is 0 Å². The van der Waals surface area contributed by atoms with Gasteiger partial charge in [0.05, 0.1) is 12.1 Å². The molecular formula is C18H18N4O. The van der Waals surface area contributed by atoms with Crippen molar-refractivity contribution in [3.63, 3.8) is 0 Å². The number of rotatable bonds is 4. The van der Waals surface area contributed by atoms with Crippen molar-refractivity contribution in [1.29, 1.82) is 0 Å². The lowest BCUT2D eigenvalue weighted by molar-refractivity contribution is 0.261. The van der Waals surface area contributed by atoms with Gasteiger partial charge < -0.3 is 9.64 Å². The Morgan fingerprint density at radius 2 is 1.96 bits per heavy atom. The molecule has 0 bridgehead atoms. The molecule has 1 fully saturated rings. The first kappa shape index (κ1) is 13.9. The van der Waals surface area contributed by atoms with Crippen LogP contribution >= 0.6 is 0 Å². The van der Waals surface area contributed by atoms with Gasteiger partial charge in [-0.2, -0.15) is 0 Å². The van der Waals surface area contributed by atoms with E-state index in [2.05, 4.69) is 25.9 Å². The molecule has 4 rings (SSSR count). The Bertz CT molecular complexity index is 788. The summed E-state index contributed by atoms with van der Waals surface area (Å²) >= 11 is 0. The van der Waals surface area contributed by atoms with Crippen molar-refractivity contribution in [2.45, 2.75) is 6.42 Å². The standard InChI is InChI=1S/C18H18N4O/c1-2-4-17-16(3-1)18(21-13-20-17)22-10-7-14(11-22)12-23-15-5-8-19-9-6-15/h1-6,8-9,13-14H,7,10-12H2. The van der Waals surface area contributed by atoms with Crippen molar-refractivity contribution in [3.8, 4) is 5.75 Å². The second-order valence-electron chi connectivity index (χ2n) is 5.81. The van der Waals surface area contributed by atoms with Crippen LogP contribution in [0.15, 0.2) is 55.1 Å². The molecule has 5 nitrogen and oxygen atoms in total. The third kappa shape index (κ3) is 2.95. The minimum Gasteiger partial charge on any atom is -0.493 e. The fourth-order valence-electron chi connectivity index (χ4n) is 3.05. The maximum Gasteiger partial charge on any atom is 0.139 e. The minimum absolute atomic E-state index is 0.511. The van der Waals surface area contributed by atoms with Gasteiger partial charge in [0.25, 0.3) is 0 Å². The van der Waals surface area contributed by atoms with E-state index >= 15 is 0 Å². The zero-order valence-corrected chi connectivity index (χ0v) is 12.8. The van der Waals surface area contributed by atoms with Crippen molar-refractivity contribution >= 4 is 16.7 Å². The Labute approximate surface area is 135 Å². The zero-order valence-electron chi connectivity index (χ0n) is 12.8. The minimum atomic E-state index is 0.511. The summed E-state index contributed by atoms with van der Waals surface area (Å²) in [6, 6.07) is 11.9. The third-order valence-electron chi connectivity index (χ3n) is 4.24. The van der Waals surface area contributed by atoms with E-state index in [4.69, 9.17) is 4.74 Å². The average Bonchev–Trinajstić information content (AvgIpc) is 3.09. The molecule has 0 N–H and O–H groups in total. The van der Waals surface area contributed by atoms with E-state index in [9.17, 15) is 0 Å². The molecule has 23 heavy (non-hydrogen) atoms. The van der Waals surface area contributed by atoms with E-state index in [1.165, 1.54) is 0 Å². The summed E-state index contributed by atoms with van der Waals surface area (Å²) in [5.74, 6) is 2.42. The van der Waals surface area contributed by atoms with Crippen molar-refractivity contribution in [2.75, 3.05) is 24.6 Å². The van der Waals surface area contributed by atoms with Gasteiger partial charge in [0.1, 0.15) is 17.9 Å². The quantitative estimate of drug-likeness (QED) is 0.742. The number of para-hydroxylation sites is 1. The number of nitrogens with zero attached hydrogens (tertiary/aromatic N) is 4. The molecule has 0 spiro atoms. The lowest BCUT2D eigenvalue weighted by Crippen LogP contribution is -2.23. The van der Waals surface area contributed by atoms with Crippen LogP contribution < -0.4 is 9.64 Å². The van der Waals surface area contributed by atoms with Crippen LogP contribution in [0.4, 0.5) is 5.82 Å². The Morgan fingerprint density at radius 3 is 2.87 bits per heavy atom. The number of benzene rings is 1. The molecule has 1 aliphatic heterocycles. The first-order valence-electron chi connectivity index (χ1n) is 7.87. The highest BCUT2D eigenvalue weighted by Gasteiger charge is 2.25. The topological polar surface area (TPSA) is 51.1 Å². The second-order valence-corrected chi connectivity index (χ2v) is 5.81. The summed E-state index contributed by atoms with van der Waals surface area (Å²) in [6.45, 7) is 2.70. The molecule has 0 radical (unpaired) electrons. The maximum atomic E-state index is 5.86. The van der Waals surface area contributed by atoms with Crippen molar-refractivity contribution < 1.29 is 4.74 Å². The van der Waals surface area contributed by atoms with Crippen molar-refractivity contribution in [1.82, 2.24) is 15.0 Å². The predicted molar refractivity (Wildman–Crippen MR) is 89.6 cm³/mol. The molecular weight excluding hydrogens is 288 g/mol. The molecule has 1 unspecified atom stereocenters. The normalized spacial score (nSPS) is 17.6. The Kier molecular flexibility index (Phi) is 3.76. The van der Waals surface area contributed by atoms with Crippen LogP contribution in [0.3, 0.4) is 0 Å². The molecule has 3 aromatic rings. The van der Waals surface area contributed by atoms with Gasteiger partial charge in [0.15, 0.2) is 0 Å². The van der Waals surface area contributed by atoms with Gasteiger partial charge in [-0.15, -0.1) is 0 Å². The zero-order chi connectivity index (χ0) is 15.5. The second kappa shape index (κ2) is 6.20. The van der Waals surface area contributed by atoms with E-state index in [1.54, 1.807) is 18.7 Å². The van der Waals surface area contributed by atoms with Gasteiger partial charge in [-0.3, -0.25) is 4.98 Å². The Hall–Kier alpha value is -2.69. The highest BCUT2D eigenvalue weighted by atomic mass is 16.5. The molecule has 1 aromatic carbocycles. The number of aromatic nitrogens is 3. The SMILES string of the molecule is c1ccc2c(N3CCC(COc4ccncc4)C3)ncnc2c1. The van der Waals surface area contributed by atoms with E-state index in [1.807, 2.05) is 30.3 Å². The maximum absolute atomic E-state index is 5.86. The van der Waals surface area contributed by atoms with E-state index < -0.39 is 0 Å². The van der Waals surface area contributed by atoms with Gasteiger partial charge in [-0.1, -0.05) is 12.1 Å². The smallest absolute Gasteiger partial charge is 0.139 e. The molecule has 1 aliphatic rings. The number of pyridine rings is 1. The molecule has 0 saturated carbocycles. The molecule has 5 heteroatoms. The van der Waals surface area contributed by atoms with E-state index in [0.29, 0.717) is 5.92 Å². The average molecular weight is 306 g/mol. The van der Waals surface area contributed by atoms with Gasteiger partial charge in [0, 0.05) is 36.8 Å². The van der Waals surface area contributed by atoms with Crippen LogP contribution in [0.2, 0.25) is 0 Å². The van der Waals surface area contributed by atoms with Gasteiger partial charge in [0.2, 0.25) is 0 Å². The monoisotopic (exact) mass is 306 g/mol. The number of anilines is 1. The molecule has 3 heterocycles. The van der Waals surface area contributed by atoms with Crippen LogP contribution in [0.1, 0.15) is 6.42 Å². The summed E-state index contributed by atoms with van der Waals surface area (Å²) in [7, 11) is 0. The number of hydrogen-bond donors (Lipinski definition) is 0. The Balaban J connectivity index is 1.45. The number of ether oxygens (including phenoxy) is 1. The first-order valence-corrected chi connectivity index (χ1v) is 7.87. The lowest BCUT2D eigenvalue weighted by Gasteiger charge is -2.19. The molecule has 1 atom stereocenters. The molecule has 0 amide bonds. The van der Waals surface area contributed by atoms with Crippen molar-refractivity contribution in [2.24, 2.45) is 5.92 Å². The van der Waals surface area contributed by atoms with Crippen LogP contribution in [0.5, 0.6) is 5.75 Å². The highest BCUT2D eigenvalue weighted by Crippen LogP contribution is 2.28. The summed E-state index contributed by atoms with van der Waals surface area (Å²) in [4.78, 5) is 15.2. The molecule has 2 aromatic heterocycles. The first-order chi connectivity index (χ1) is 11.4. The van der Waals surface area contributed by atoms with Gasteiger partial charge in [-0.25, -0.2) is 9.97 Å². The molecule has 0 aliphatic carbocycles. The van der Waals surface area contributed by atoms with Crippen LogP contribution in [-0.4, -0.2) is 34.6 Å². The predicted octanol–water partition coefficient (Wildman–Crippen LogP) is 2.93. The van der Waals surface area contributed by atoms with Crippen LogP contribution in [0, 0.1) is 5.92 Å². The third-order valence-corrected chi connectivity index (χ3v) is 4.24. The molecule has 1 saturated heterocycles. The largest absolute Gasteiger partial charge is 0.493 e. The fourth-order valence-corrected chi connectivity index (χ4v) is 3.05. The number of fused-ring (bicyclic) bond motifs is 1. The van der Waals surface area contributed by atoms with Crippen molar-refractivity contribution in [3.05, 3.63) is 55.1 Å². The lowest BCUT2D eigenvalue weighted by atomic mass is 10.1. The summed E-state index contributed by atoms with van der Waals surface area (Å²) in [5.41, 5.74) is 0.994. The van der Waals surface area contributed by atoms with Gasteiger partial charge in [-0.05, 0) is 30.7 Å². The fraction of sp³-hybridized carbons (Fsp3) is 0.278. The van der Waals surface area contributed by atoms with E-state index in [0.717, 1.165) is 48.6 Å². The van der Waals surface area contributed by atoms with Crippen LogP contribution in [-0.2, 0) is 0 Å². The summed E-state index contributed by atoms with van der Waals surface area (Å²) in [5, 5.41) is 1.12. The summed E-state index contributed by atoms with van der Waals surface area (Å²) < 4.78 is 5.86. The molecule has 116 valence electrons. The van der Waals surface area contributed by atoms with E-state index in [-0.39, 0.29) is 0 Å². The Morgan fingerprint density at radius 1 is 1.09 bits per heavy atom. The van der Waals surface area contributed by atoms with Crippen LogP contribution in [0.25, 0.3) is 10.9 Å².